The van der Waals surface area contributed by atoms with Crippen LogP contribution in [0.2, 0.25) is 5.15 Å². The Bertz CT molecular complexity index is 406. The summed E-state index contributed by atoms with van der Waals surface area (Å²) in [5.41, 5.74) is -0.0605. The smallest absolute Gasteiger partial charge is 0.412 e. The summed E-state index contributed by atoms with van der Waals surface area (Å²) >= 11 is 7.73. The van der Waals surface area contributed by atoms with Gasteiger partial charge in [-0.15, -0.1) is 5.10 Å². The topological polar surface area (TPSA) is 64.1 Å². The SMILES string of the molecule is CC(C)(C)OC(=O)Nc1cnnc(Cl)c1I. The zero-order chi connectivity index (χ0) is 12.3. The lowest BCUT2D eigenvalue weighted by Gasteiger charge is -2.19. The molecule has 0 saturated heterocycles. The van der Waals surface area contributed by atoms with Crippen LogP contribution in [-0.2, 0) is 4.74 Å². The molecule has 0 saturated carbocycles. The van der Waals surface area contributed by atoms with E-state index in [4.69, 9.17) is 16.3 Å². The molecule has 0 fully saturated rings. The van der Waals surface area contributed by atoms with E-state index in [0.29, 0.717) is 9.26 Å². The zero-order valence-corrected chi connectivity index (χ0v) is 12.0. The van der Waals surface area contributed by atoms with Crippen LogP contribution in [0.15, 0.2) is 6.20 Å². The number of anilines is 1. The first-order valence-electron chi connectivity index (χ1n) is 4.46. The molecule has 0 atom stereocenters. The number of aromatic nitrogens is 2. The highest BCUT2D eigenvalue weighted by atomic mass is 127. The van der Waals surface area contributed by atoms with E-state index in [1.165, 1.54) is 6.20 Å². The molecule has 0 unspecified atom stereocenters. The van der Waals surface area contributed by atoms with Crippen molar-refractivity contribution in [1.82, 2.24) is 10.2 Å². The maximum Gasteiger partial charge on any atom is 0.412 e. The van der Waals surface area contributed by atoms with Gasteiger partial charge in [0.25, 0.3) is 0 Å². The maximum absolute atomic E-state index is 11.5. The third-order valence-electron chi connectivity index (χ3n) is 1.39. The van der Waals surface area contributed by atoms with E-state index in [1.807, 2.05) is 22.6 Å². The fourth-order valence-corrected chi connectivity index (χ4v) is 1.38. The van der Waals surface area contributed by atoms with Crippen LogP contribution in [0.25, 0.3) is 0 Å². The molecule has 0 bridgehead atoms. The lowest BCUT2D eigenvalue weighted by molar-refractivity contribution is 0.0636. The fraction of sp³-hybridized carbons (Fsp3) is 0.444. The van der Waals surface area contributed by atoms with Gasteiger partial charge in [0, 0.05) is 0 Å². The standard InChI is InChI=1S/C9H11ClIN3O2/c1-9(2,3)16-8(15)13-5-4-12-14-7(10)6(5)11/h4H,1-3H3,(H,13,14,15). The van der Waals surface area contributed by atoms with Gasteiger partial charge in [0.15, 0.2) is 5.15 Å². The molecule has 5 nitrogen and oxygen atoms in total. The van der Waals surface area contributed by atoms with E-state index in [-0.39, 0.29) is 5.15 Å². The number of nitrogens with zero attached hydrogens (tertiary/aromatic N) is 2. The van der Waals surface area contributed by atoms with Gasteiger partial charge in [-0.2, -0.15) is 5.10 Å². The van der Waals surface area contributed by atoms with Crippen molar-refractivity contribution in [3.05, 3.63) is 14.9 Å². The first-order valence-corrected chi connectivity index (χ1v) is 5.92. The van der Waals surface area contributed by atoms with Crippen LogP contribution in [-0.4, -0.2) is 21.9 Å². The van der Waals surface area contributed by atoms with E-state index in [1.54, 1.807) is 20.8 Å². The minimum absolute atomic E-state index is 0.245. The average Bonchev–Trinajstić information content (AvgIpc) is 2.09. The van der Waals surface area contributed by atoms with E-state index in [2.05, 4.69) is 15.5 Å². The Morgan fingerprint density at radius 3 is 2.75 bits per heavy atom. The molecule has 1 rings (SSSR count). The predicted octanol–water partition coefficient (Wildman–Crippen LogP) is 3.08. The summed E-state index contributed by atoms with van der Waals surface area (Å²) in [6, 6.07) is 0. The summed E-state index contributed by atoms with van der Waals surface area (Å²) in [7, 11) is 0. The number of amides is 1. The van der Waals surface area contributed by atoms with Crippen LogP contribution in [0.4, 0.5) is 10.5 Å². The largest absolute Gasteiger partial charge is 0.444 e. The molecule has 0 aliphatic carbocycles. The van der Waals surface area contributed by atoms with Gasteiger partial charge in [-0.1, -0.05) is 11.6 Å². The third kappa shape index (κ3) is 4.09. The van der Waals surface area contributed by atoms with Crippen molar-refractivity contribution in [2.24, 2.45) is 0 Å². The van der Waals surface area contributed by atoms with Crippen molar-refractivity contribution in [3.63, 3.8) is 0 Å². The predicted molar refractivity (Wildman–Crippen MR) is 69.6 cm³/mol. The minimum Gasteiger partial charge on any atom is -0.444 e. The Balaban J connectivity index is 2.74. The molecule has 88 valence electrons. The molecule has 0 aliphatic rings. The highest BCUT2D eigenvalue weighted by Crippen LogP contribution is 2.23. The number of carbonyl (C=O) groups is 1. The van der Waals surface area contributed by atoms with Gasteiger partial charge >= 0.3 is 6.09 Å². The van der Waals surface area contributed by atoms with Gasteiger partial charge in [-0.05, 0) is 43.4 Å². The van der Waals surface area contributed by atoms with Gasteiger partial charge in [0.1, 0.15) is 5.60 Å². The highest BCUT2D eigenvalue weighted by Gasteiger charge is 2.17. The van der Waals surface area contributed by atoms with E-state index in [9.17, 15) is 4.79 Å². The zero-order valence-electron chi connectivity index (χ0n) is 9.04. The molecule has 1 N–H and O–H groups in total. The lowest BCUT2D eigenvalue weighted by Crippen LogP contribution is -2.27. The molecule has 1 heterocycles. The molecular formula is C9H11ClIN3O2. The summed E-state index contributed by atoms with van der Waals surface area (Å²) in [6.07, 6.45) is 0.867. The number of hydrogen-bond acceptors (Lipinski definition) is 4. The molecule has 1 amide bonds. The molecule has 0 aliphatic heterocycles. The molecule has 0 aromatic carbocycles. The van der Waals surface area contributed by atoms with Crippen LogP contribution in [0, 0.1) is 3.57 Å². The Morgan fingerprint density at radius 2 is 2.19 bits per heavy atom. The van der Waals surface area contributed by atoms with E-state index >= 15 is 0 Å². The minimum atomic E-state index is -0.547. The van der Waals surface area contributed by atoms with E-state index < -0.39 is 11.7 Å². The molecule has 16 heavy (non-hydrogen) atoms. The normalized spacial score (nSPS) is 11.1. The van der Waals surface area contributed by atoms with Crippen LogP contribution < -0.4 is 5.32 Å². The second-order valence-electron chi connectivity index (χ2n) is 3.99. The Morgan fingerprint density at radius 1 is 1.56 bits per heavy atom. The Kier molecular flexibility index (Phi) is 4.31. The monoisotopic (exact) mass is 355 g/mol. The van der Waals surface area contributed by atoms with Crippen molar-refractivity contribution >= 4 is 46.0 Å². The second-order valence-corrected chi connectivity index (χ2v) is 5.43. The number of hydrogen-bond donors (Lipinski definition) is 1. The fourth-order valence-electron chi connectivity index (χ4n) is 0.850. The molecule has 1 aromatic rings. The Hall–Kier alpha value is -0.630. The highest BCUT2D eigenvalue weighted by molar-refractivity contribution is 14.1. The quantitative estimate of drug-likeness (QED) is 0.786. The summed E-state index contributed by atoms with van der Waals surface area (Å²) in [5, 5.41) is 10.1. The Labute approximate surface area is 112 Å². The summed E-state index contributed by atoms with van der Waals surface area (Å²) in [5.74, 6) is 0. The molecule has 7 heteroatoms. The number of carbonyl (C=O) groups excluding carboxylic acids is 1. The molecular weight excluding hydrogens is 344 g/mol. The molecule has 1 aromatic heterocycles. The average molecular weight is 356 g/mol. The van der Waals surface area contributed by atoms with Crippen LogP contribution in [0.3, 0.4) is 0 Å². The summed E-state index contributed by atoms with van der Waals surface area (Å²) in [6.45, 7) is 5.36. The van der Waals surface area contributed by atoms with Crippen molar-refractivity contribution in [3.8, 4) is 0 Å². The number of nitrogens with one attached hydrogen (secondary N) is 1. The number of halogens is 2. The van der Waals surface area contributed by atoms with Gasteiger partial charge in [0.05, 0.1) is 15.5 Å². The first kappa shape index (κ1) is 13.4. The van der Waals surface area contributed by atoms with Gasteiger partial charge in [-0.25, -0.2) is 4.79 Å². The van der Waals surface area contributed by atoms with Crippen LogP contribution >= 0.6 is 34.2 Å². The van der Waals surface area contributed by atoms with Crippen LogP contribution in [0.1, 0.15) is 20.8 Å². The van der Waals surface area contributed by atoms with Crippen molar-refractivity contribution in [1.29, 1.82) is 0 Å². The third-order valence-corrected chi connectivity index (χ3v) is 3.06. The maximum atomic E-state index is 11.5. The van der Waals surface area contributed by atoms with Gasteiger partial charge in [0.2, 0.25) is 0 Å². The first-order chi connectivity index (χ1) is 7.29. The summed E-state index contributed by atoms with van der Waals surface area (Å²) < 4.78 is 5.72. The summed E-state index contributed by atoms with van der Waals surface area (Å²) in [4.78, 5) is 11.5. The molecule has 0 spiro atoms. The van der Waals surface area contributed by atoms with E-state index in [0.717, 1.165) is 0 Å². The van der Waals surface area contributed by atoms with Crippen molar-refractivity contribution in [2.75, 3.05) is 5.32 Å². The second kappa shape index (κ2) is 5.13. The number of ether oxygens (including phenoxy) is 1. The van der Waals surface area contributed by atoms with Gasteiger partial charge in [-0.3, -0.25) is 5.32 Å². The van der Waals surface area contributed by atoms with Crippen molar-refractivity contribution in [2.45, 2.75) is 26.4 Å². The molecule has 0 radical (unpaired) electrons. The van der Waals surface area contributed by atoms with Gasteiger partial charge < -0.3 is 4.74 Å². The van der Waals surface area contributed by atoms with Crippen molar-refractivity contribution < 1.29 is 9.53 Å². The van der Waals surface area contributed by atoms with Crippen LogP contribution in [0.5, 0.6) is 0 Å². The lowest BCUT2D eigenvalue weighted by atomic mass is 10.2. The number of rotatable bonds is 1.